The van der Waals surface area contributed by atoms with Gasteiger partial charge in [0.1, 0.15) is 5.75 Å². The van der Waals surface area contributed by atoms with E-state index in [0.29, 0.717) is 29.3 Å². The van der Waals surface area contributed by atoms with E-state index >= 15 is 0 Å². The third kappa shape index (κ3) is 1.99. The molecule has 0 unspecified atom stereocenters. The molecule has 1 N–H and O–H groups in total. The van der Waals surface area contributed by atoms with E-state index in [2.05, 4.69) is 15.2 Å². The Hall–Kier alpha value is -2.63. The summed E-state index contributed by atoms with van der Waals surface area (Å²) in [7, 11) is 1.59. The maximum atomic E-state index is 12.7. The van der Waals surface area contributed by atoms with Crippen LogP contribution in [0.2, 0.25) is 0 Å². The maximum Gasteiger partial charge on any atom is 0.264 e. The number of aromatic nitrogens is 4. The standard InChI is InChI=1S/C15H16N4O2/c1-4-10-9(2)16-15-18-17-13(19(15)14(10)20)11-7-5-6-8-12(11)21-3/h5-8H,4H2,1-3H3,(H,16,18). The number of ether oxygens (including phenoxy) is 1. The minimum absolute atomic E-state index is 0.0883. The van der Waals surface area contributed by atoms with Crippen molar-refractivity contribution in [3.63, 3.8) is 0 Å². The average molecular weight is 284 g/mol. The van der Waals surface area contributed by atoms with Crippen molar-refractivity contribution in [2.45, 2.75) is 20.3 Å². The number of hydrogen-bond donors (Lipinski definition) is 1. The SMILES string of the molecule is CCc1c(C)nc2[nH]nc(-c3ccccc3OC)n2c1=O. The van der Waals surface area contributed by atoms with E-state index in [9.17, 15) is 4.79 Å². The largest absolute Gasteiger partial charge is 0.496 e. The van der Waals surface area contributed by atoms with Gasteiger partial charge in [-0.25, -0.2) is 14.5 Å². The summed E-state index contributed by atoms with van der Waals surface area (Å²) in [6.45, 7) is 3.78. The Morgan fingerprint density at radius 2 is 2.10 bits per heavy atom. The Morgan fingerprint density at radius 3 is 2.81 bits per heavy atom. The number of H-pyrrole nitrogens is 1. The van der Waals surface area contributed by atoms with Crippen LogP contribution in [0.25, 0.3) is 17.2 Å². The third-order valence-corrected chi connectivity index (χ3v) is 3.56. The number of nitrogens with one attached hydrogen (secondary N) is 1. The molecule has 0 spiro atoms. The molecule has 0 bridgehead atoms. The summed E-state index contributed by atoms with van der Waals surface area (Å²) >= 11 is 0. The van der Waals surface area contributed by atoms with Crippen molar-refractivity contribution in [3.8, 4) is 17.1 Å². The zero-order valence-corrected chi connectivity index (χ0v) is 12.2. The van der Waals surface area contributed by atoms with Crippen LogP contribution in [0.4, 0.5) is 0 Å². The molecule has 0 atom stereocenters. The molecular formula is C15H16N4O2. The number of fused-ring (bicyclic) bond motifs is 1. The number of hydrogen-bond acceptors (Lipinski definition) is 4. The van der Waals surface area contributed by atoms with Gasteiger partial charge in [-0.3, -0.25) is 4.79 Å². The monoisotopic (exact) mass is 284 g/mol. The average Bonchev–Trinajstić information content (AvgIpc) is 2.91. The highest BCUT2D eigenvalue weighted by molar-refractivity contribution is 5.66. The lowest BCUT2D eigenvalue weighted by Crippen LogP contribution is -2.21. The second kappa shape index (κ2) is 5.05. The zero-order valence-electron chi connectivity index (χ0n) is 12.2. The van der Waals surface area contributed by atoms with Crippen molar-refractivity contribution in [2.75, 3.05) is 7.11 Å². The van der Waals surface area contributed by atoms with Gasteiger partial charge in [-0.1, -0.05) is 19.1 Å². The van der Waals surface area contributed by atoms with Gasteiger partial charge in [-0.15, -0.1) is 0 Å². The maximum absolute atomic E-state index is 12.7. The summed E-state index contributed by atoms with van der Waals surface area (Å²) in [6, 6.07) is 7.46. The Kier molecular flexibility index (Phi) is 3.21. The Balaban J connectivity index is 2.37. The van der Waals surface area contributed by atoms with Crippen LogP contribution in [0.5, 0.6) is 5.75 Å². The summed E-state index contributed by atoms with van der Waals surface area (Å²) in [4.78, 5) is 17.1. The molecule has 0 amide bonds. The molecule has 6 nitrogen and oxygen atoms in total. The minimum atomic E-state index is -0.0883. The van der Waals surface area contributed by atoms with Crippen LogP contribution in [-0.4, -0.2) is 26.7 Å². The van der Waals surface area contributed by atoms with Crippen molar-refractivity contribution >= 4 is 5.78 Å². The molecule has 2 heterocycles. The molecule has 0 saturated carbocycles. The van der Waals surface area contributed by atoms with Crippen molar-refractivity contribution in [1.29, 1.82) is 0 Å². The fourth-order valence-electron chi connectivity index (χ4n) is 2.50. The number of rotatable bonds is 3. The molecule has 6 heteroatoms. The van der Waals surface area contributed by atoms with Crippen LogP contribution in [0.1, 0.15) is 18.2 Å². The summed E-state index contributed by atoms with van der Waals surface area (Å²) in [6.07, 6.45) is 0.636. The van der Waals surface area contributed by atoms with Crippen LogP contribution in [0.3, 0.4) is 0 Å². The zero-order chi connectivity index (χ0) is 15.0. The van der Waals surface area contributed by atoms with E-state index in [1.807, 2.05) is 38.1 Å². The Labute approximate surface area is 121 Å². The summed E-state index contributed by atoms with van der Waals surface area (Å²) in [5.41, 5.74) is 2.10. The lowest BCUT2D eigenvalue weighted by Gasteiger charge is -2.07. The molecule has 0 aliphatic rings. The number of para-hydroxylation sites is 1. The fraction of sp³-hybridized carbons (Fsp3) is 0.267. The van der Waals surface area contributed by atoms with Gasteiger partial charge in [0.05, 0.1) is 18.4 Å². The highest BCUT2D eigenvalue weighted by Crippen LogP contribution is 2.27. The van der Waals surface area contributed by atoms with E-state index in [0.717, 1.165) is 11.3 Å². The number of aromatic amines is 1. The second-order valence-electron chi connectivity index (χ2n) is 4.74. The number of methoxy groups -OCH3 is 1. The predicted octanol–water partition coefficient (Wildman–Crippen LogP) is 1.96. The number of aryl methyl sites for hydroxylation is 1. The van der Waals surface area contributed by atoms with Gasteiger partial charge in [0, 0.05) is 5.56 Å². The lowest BCUT2D eigenvalue weighted by molar-refractivity contribution is 0.416. The first-order valence-corrected chi connectivity index (χ1v) is 6.77. The Bertz CT molecular complexity index is 864. The molecule has 1 aromatic carbocycles. The normalized spacial score (nSPS) is 11.0. The summed E-state index contributed by atoms with van der Waals surface area (Å²) in [5, 5.41) is 7.06. The molecule has 0 saturated heterocycles. The molecule has 0 radical (unpaired) electrons. The van der Waals surface area contributed by atoms with E-state index in [4.69, 9.17) is 4.74 Å². The van der Waals surface area contributed by atoms with Crippen molar-refractivity contribution in [3.05, 3.63) is 45.9 Å². The van der Waals surface area contributed by atoms with Gasteiger partial charge in [0.2, 0.25) is 5.78 Å². The highest BCUT2D eigenvalue weighted by atomic mass is 16.5. The van der Waals surface area contributed by atoms with E-state index < -0.39 is 0 Å². The predicted molar refractivity (Wildman–Crippen MR) is 79.7 cm³/mol. The van der Waals surface area contributed by atoms with Gasteiger partial charge in [0.25, 0.3) is 5.56 Å². The van der Waals surface area contributed by atoms with Gasteiger partial charge in [-0.2, -0.15) is 5.10 Å². The summed E-state index contributed by atoms with van der Waals surface area (Å²) < 4.78 is 6.85. The van der Waals surface area contributed by atoms with Crippen LogP contribution < -0.4 is 10.3 Å². The van der Waals surface area contributed by atoms with E-state index in [1.54, 1.807) is 7.11 Å². The van der Waals surface area contributed by atoms with Crippen LogP contribution >= 0.6 is 0 Å². The third-order valence-electron chi connectivity index (χ3n) is 3.56. The van der Waals surface area contributed by atoms with E-state index in [1.165, 1.54) is 4.40 Å². The molecule has 0 aliphatic carbocycles. The van der Waals surface area contributed by atoms with Crippen LogP contribution in [-0.2, 0) is 6.42 Å². The highest BCUT2D eigenvalue weighted by Gasteiger charge is 2.17. The van der Waals surface area contributed by atoms with E-state index in [-0.39, 0.29) is 5.56 Å². The fourth-order valence-corrected chi connectivity index (χ4v) is 2.50. The molecule has 0 aliphatic heterocycles. The number of benzene rings is 1. The van der Waals surface area contributed by atoms with Crippen molar-refractivity contribution in [1.82, 2.24) is 19.6 Å². The minimum Gasteiger partial charge on any atom is -0.496 e. The molecule has 21 heavy (non-hydrogen) atoms. The van der Waals surface area contributed by atoms with Crippen LogP contribution in [0, 0.1) is 6.92 Å². The quantitative estimate of drug-likeness (QED) is 0.798. The van der Waals surface area contributed by atoms with Crippen molar-refractivity contribution < 1.29 is 4.74 Å². The van der Waals surface area contributed by atoms with Gasteiger partial charge in [-0.05, 0) is 25.5 Å². The molecular weight excluding hydrogens is 268 g/mol. The first-order valence-electron chi connectivity index (χ1n) is 6.77. The topological polar surface area (TPSA) is 72.3 Å². The molecule has 108 valence electrons. The van der Waals surface area contributed by atoms with Gasteiger partial charge in [0.15, 0.2) is 5.82 Å². The molecule has 2 aromatic heterocycles. The first-order chi connectivity index (χ1) is 10.2. The lowest BCUT2D eigenvalue weighted by atomic mass is 10.1. The Morgan fingerprint density at radius 1 is 1.33 bits per heavy atom. The van der Waals surface area contributed by atoms with Crippen LogP contribution in [0.15, 0.2) is 29.1 Å². The summed E-state index contributed by atoms with van der Waals surface area (Å²) in [5.74, 6) is 1.61. The van der Waals surface area contributed by atoms with Gasteiger partial charge < -0.3 is 4.74 Å². The van der Waals surface area contributed by atoms with Crippen molar-refractivity contribution in [2.24, 2.45) is 0 Å². The smallest absolute Gasteiger partial charge is 0.264 e. The molecule has 3 aromatic rings. The first kappa shape index (κ1) is 13.4. The van der Waals surface area contributed by atoms with Gasteiger partial charge >= 0.3 is 0 Å². The molecule has 0 fully saturated rings. The second-order valence-corrected chi connectivity index (χ2v) is 4.74. The molecule has 3 rings (SSSR count). The number of nitrogens with zero attached hydrogens (tertiary/aromatic N) is 3.